The minimum Gasteiger partial charge on any atom is -0.464 e. The van der Waals surface area contributed by atoms with Crippen LogP contribution in [-0.2, 0) is 17.8 Å². The number of carbonyl (C=O) groups is 1. The van der Waals surface area contributed by atoms with Crippen LogP contribution < -0.4 is 4.90 Å². The van der Waals surface area contributed by atoms with Gasteiger partial charge in [0.15, 0.2) is 11.5 Å². The molecule has 24 heavy (non-hydrogen) atoms. The number of hydrogen-bond donors (Lipinski definition) is 0. The van der Waals surface area contributed by atoms with Crippen LogP contribution in [0.5, 0.6) is 0 Å². The highest BCUT2D eigenvalue weighted by molar-refractivity contribution is 5.87. The summed E-state index contributed by atoms with van der Waals surface area (Å²) in [6.45, 7) is 3.95. The van der Waals surface area contributed by atoms with Crippen LogP contribution in [0.2, 0.25) is 0 Å². The molecule has 4 rings (SSSR count). The van der Waals surface area contributed by atoms with Crippen LogP contribution >= 0.6 is 0 Å². The molecule has 0 radical (unpaired) electrons. The van der Waals surface area contributed by atoms with Crippen molar-refractivity contribution in [2.45, 2.75) is 20.0 Å². The van der Waals surface area contributed by atoms with Crippen molar-refractivity contribution in [1.29, 1.82) is 0 Å². The predicted octanol–water partition coefficient (Wildman–Crippen LogP) is 1.34. The van der Waals surface area contributed by atoms with E-state index in [1.54, 1.807) is 12.4 Å². The molecule has 0 N–H and O–H groups in total. The largest absolute Gasteiger partial charge is 0.464 e. The van der Waals surface area contributed by atoms with Gasteiger partial charge in [-0.15, -0.1) is 0 Å². The third kappa shape index (κ3) is 2.36. The van der Waals surface area contributed by atoms with Crippen LogP contribution in [0, 0.1) is 6.92 Å². The summed E-state index contributed by atoms with van der Waals surface area (Å²) in [6, 6.07) is 5.65. The van der Waals surface area contributed by atoms with Crippen molar-refractivity contribution in [3.8, 4) is 0 Å². The molecule has 0 amide bonds. The van der Waals surface area contributed by atoms with Crippen molar-refractivity contribution < 1.29 is 9.53 Å². The fraction of sp³-hybridized carbons (Fsp3) is 0.312. The van der Waals surface area contributed by atoms with Gasteiger partial charge in [-0.3, -0.25) is 4.68 Å². The summed E-state index contributed by atoms with van der Waals surface area (Å²) in [6.07, 6.45) is 1.56. The van der Waals surface area contributed by atoms with Gasteiger partial charge in [-0.25, -0.2) is 19.7 Å². The van der Waals surface area contributed by atoms with E-state index in [9.17, 15) is 4.79 Å². The molecule has 0 unspecified atom stereocenters. The molecule has 0 aromatic carbocycles. The number of rotatable bonds is 2. The number of esters is 1. The molecular formula is C16H16N6O2. The van der Waals surface area contributed by atoms with E-state index in [4.69, 9.17) is 4.74 Å². The number of pyridine rings is 1. The molecule has 0 saturated carbocycles. The van der Waals surface area contributed by atoms with E-state index in [0.29, 0.717) is 18.8 Å². The van der Waals surface area contributed by atoms with Crippen LogP contribution in [0.25, 0.3) is 11.0 Å². The van der Waals surface area contributed by atoms with Crippen molar-refractivity contribution in [3.63, 3.8) is 0 Å². The SMILES string of the molecule is COC(=O)c1cc2n(n1)CCN(c1ncnc3ccc(C)nc13)C2. The van der Waals surface area contributed by atoms with E-state index in [1.165, 1.54) is 7.11 Å². The Labute approximate surface area is 138 Å². The van der Waals surface area contributed by atoms with Gasteiger partial charge in [0, 0.05) is 12.2 Å². The fourth-order valence-electron chi connectivity index (χ4n) is 2.91. The summed E-state index contributed by atoms with van der Waals surface area (Å²) in [7, 11) is 1.36. The van der Waals surface area contributed by atoms with Crippen LogP contribution in [0.4, 0.5) is 5.82 Å². The summed E-state index contributed by atoms with van der Waals surface area (Å²) in [5.74, 6) is 0.379. The highest BCUT2D eigenvalue weighted by Gasteiger charge is 2.23. The minimum absolute atomic E-state index is 0.330. The third-order valence-corrected chi connectivity index (χ3v) is 4.09. The third-order valence-electron chi connectivity index (χ3n) is 4.09. The second kappa shape index (κ2) is 5.55. The highest BCUT2D eigenvalue weighted by Crippen LogP contribution is 2.25. The van der Waals surface area contributed by atoms with Crippen LogP contribution in [0.1, 0.15) is 21.9 Å². The molecule has 8 heteroatoms. The van der Waals surface area contributed by atoms with Gasteiger partial charge in [0.1, 0.15) is 11.8 Å². The monoisotopic (exact) mass is 324 g/mol. The van der Waals surface area contributed by atoms with Gasteiger partial charge in [0.25, 0.3) is 0 Å². The number of hydrogen-bond acceptors (Lipinski definition) is 7. The Morgan fingerprint density at radius 2 is 2.12 bits per heavy atom. The molecule has 1 aliphatic heterocycles. The maximum Gasteiger partial charge on any atom is 0.358 e. The first kappa shape index (κ1) is 14.6. The zero-order chi connectivity index (χ0) is 16.7. The Balaban J connectivity index is 1.71. The number of anilines is 1. The number of methoxy groups -OCH3 is 1. The topological polar surface area (TPSA) is 86.0 Å². The molecule has 8 nitrogen and oxygen atoms in total. The molecule has 1 aliphatic rings. The van der Waals surface area contributed by atoms with Gasteiger partial charge in [0.2, 0.25) is 0 Å². The molecular weight excluding hydrogens is 308 g/mol. The summed E-state index contributed by atoms with van der Waals surface area (Å²) in [5.41, 5.74) is 3.81. The van der Waals surface area contributed by atoms with Crippen molar-refractivity contribution in [3.05, 3.63) is 41.6 Å². The minimum atomic E-state index is -0.423. The van der Waals surface area contributed by atoms with Crippen LogP contribution in [0.3, 0.4) is 0 Å². The van der Waals surface area contributed by atoms with E-state index in [2.05, 4.69) is 25.0 Å². The molecule has 0 aliphatic carbocycles. The maximum absolute atomic E-state index is 11.7. The Morgan fingerprint density at radius 3 is 2.96 bits per heavy atom. The maximum atomic E-state index is 11.7. The average molecular weight is 324 g/mol. The zero-order valence-corrected chi connectivity index (χ0v) is 13.4. The van der Waals surface area contributed by atoms with E-state index >= 15 is 0 Å². The second-order valence-corrected chi connectivity index (χ2v) is 5.67. The molecule has 3 aromatic rings. The second-order valence-electron chi connectivity index (χ2n) is 5.67. The average Bonchev–Trinajstić information content (AvgIpc) is 3.03. The van der Waals surface area contributed by atoms with Crippen LogP contribution in [-0.4, -0.2) is 44.4 Å². The van der Waals surface area contributed by atoms with Crippen molar-refractivity contribution in [2.24, 2.45) is 0 Å². The lowest BCUT2D eigenvalue weighted by molar-refractivity contribution is 0.0593. The summed E-state index contributed by atoms with van der Waals surface area (Å²) >= 11 is 0. The standard InChI is InChI=1S/C16H16N6O2/c1-10-3-4-12-14(19-10)15(18-9-17-12)21-5-6-22-11(8-21)7-13(20-22)16(23)24-2/h3-4,7,9H,5-6,8H2,1-2H3. The Kier molecular flexibility index (Phi) is 3.37. The number of aromatic nitrogens is 5. The van der Waals surface area contributed by atoms with Crippen molar-refractivity contribution in [1.82, 2.24) is 24.7 Å². The van der Waals surface area contributed by atoms with Gasteiger partial charge in [0.05, 0.1) is 31.4 Å². The van der Waals surface area contributed by atoms with Crippen molar-refractivity contribution >= 4 is 22.8 Å². The first-order valence-electron chi connectivity index (χ1n) is 7.64. The van der Waals surface area contributed by atoms with Crippen molar-refractivity contribution in [2.75, 3.05) is 18.6 Å². The smallest absolute Gasteiger partial charge is 0.358 e. The highest BCUT2D eigenvalue weighted by atomic mass is 16.5. The lowest BCUT2D eigenvalue weighted by atomic mass is 10.2. The Morgan fingerprint density at radius 1 is 1.25 bits per heavy atom. The molecule has 122 valence electrons. The quantitative estimate of drug-likeness (QED) is 0.657. The summed E-state index contributed by atoms with van der Waals surface area (Å²) in [4.78, 5) is 27.1. The normalized spacial score (nSPS) is 13.8. The van der Waals surface area contributed by atoms with Gasteiger partial charge in [-0.2, -0.15) is 5.10 Å². The van der Waals surface area contributed by atoms with E-state index in [1.807, 2.05) is 23.7 Å². The number of aryl methyl sites for hydroxylation is 1. The van der Waals surface area contributed by atoms with Gasteiger partial charge in [-0.05, 0) is 25.1 Å². The molecule has 0 atom stereocenters. The number of ether oxygens (including phenoxy) is 1. The zero-order valence-electron chi connectivity index (χ0n) is 13.4. The number of nitrogens with zero attached hydrogens (tertiary/aromatic N) is 6. The lowest BCUT2D eigenvalue weighted by Gasteiger charge is -2.28. The summed E-state index contributed by atoms with van der Waals surface area (Å²) < 4.78 is 6.58. The Bertz CT molecular complexity index is 935. The van der Waals surface area contributed by atoms with Crippen LogP contribution in [0.15, 0.2) is 24.5 Å². The molecule has 0 spiro atoms. The fourth-order valence-corrected chi connectivity index (χ4v) is 2.91. The van der Waals surface area contributed by atoms with E-state index in [-0.39, 0.29) is 0 Å². The molecule has 0 bridgehead atoms. The first-order chi connectivity index (χ1) is 11.7. The molecule has 0 fully saturated rings. The van der Waals surface area contributed by atoms with Gasteiger partial charge >= 0.3 is 5.97 Å². The Hall–Kier alpha value is -3.03. The lowest BCUT2D eigenvalue weighted by Crippen LogP contribution is -2.34. The van der Waals surface area contributed by atoms with Gasteiger partial charge < -0.3 is 9.64 Å². The number of fused-ring (bicyclic) bond motifs is 2. The predicted molar refractivity (Wildman–Crippen MR) is 86.7 cm³/mol. The first-order valence-corrected chi connectivity index (χ1v) is 7.64. The van der Waals surface area contributed by atoms with E-state index in [0.717, 1.165) is 34.8 Å². The van der Waals surface area contributed by atoms with E-state index < -0.39 is 5.97 Å². The number of carbonyl (C=O) groups excluding carboxylic acids is 1. The van der Waals surface area contributed by atoms with Gasteiger partial charge in [-0.1, -0.05) is 0 Å². The molecule has 4 heterocycles. The summed E-state index contributed by atoms with van der Waals surface area (Å²) in [5, 5.41) is 4.29. The molecule has 3 aromatic heterocycles. The molecule has 0 saturated heterocycles.